The van der Waals surface area contributed by atoms with Crippen molar-refractivity contribution in [2.45, 2.75) is 30.0 Å². The van der Waals surface area contributed by atoms with E-state index in [1.807, 2.05) is 18.2 Å². The summed E-state index contributed by atoms with van der Waals surface area (Å²) >= 11 is 1.69. The molecule has 1 unspecified atom stereocenters. The first-order valence-corrected chi connectivity index (χ1v) is 5.51. The molecule has 4 heteroatoms. The lowest BCUT2D eigenvalue weighted by molar-refractivity contribution is 0.845. The molecule has 0 spiro atoms. The standard InChI is InChI=1S/C10H15N3S/c1-2-8(7-9(11)12)14-10-5-3-4-6-13-10/h3-6,8H,2,7H2,1H3,(H3,11,12). The topological polar surface area (TPSA) is 62.8 Å². The number of rotatable bonds is 5. The Hall–Kier alpha value is -1.03. The van der Waals surface area contributed by atoms with Gasteiger partial charge < -0.3 is 5.73 Å². The number of thioether (sulfide) groups is 1. The highest BCUT2D eigenvalue weighted by Gasteiger charge is 2.09. The minimum atomic E-state index is 0.250. The molecule has 0 aliphatic carbocycles. The van der Waals surface area contributed by atoms with Crippen molar-refractivity contribution in [3.63, 3.8) is 0 Å². The smallest absolute Gasteiger partial charge is 0.0962 e. The Morgan fingerprint density at radius 1 is 1.64 bits per heavy atom. The molecule has 0 radical (unpaired) electrons. The largest absolute Gasteiger partial charge is 0.388 e. The van der Waals surface area contributed by atoms with Gasteiger partial charge in [-0.15, -0.1) is 11.8 Å². The second-order valence-electron chi connectivity index (χ2n) is 3.05. The molecule has 3 N–H and O–H groups in total. The highest BCUT2D eigenvalue weighted by Crippen LogP contribution is 2.25. The molecule has 0 amide bonds. The maximum atomic E-state index is 7.24. The Bertz CT molecular complexity index is 287. The van der Waals surface area contributed by atoms with Gasteiger partial charge in [-0.2, -0.15) is 0 Å². The van der Waals surface area contributed by atoms with E-state index in [-0.39, 0.29) is 5.84 Å². The van der Waals surface area contributed by atoms with E-state index in [1.165, 1.54) is 0 Å². The van der Waals surface area contributed by atoms with Crippen molar-refractivity contribution < 1.29 is 0 Å². The molecule has 1 heterocycles. The first kappa shape index (κ1) is 11.0. The molecule has 0 aliphatic rings. The van der Waals surface area contributed by atoms with Crippen LogP contribution < -0.4 is 5.73 Å². The lowest BCUT2D eigenvalue weighted by atomic mass is 10.2. The van der Waals surface area contributed by atoms with Gasteiger partial charge in [0.05, 0.1) is 10.9 Å². The zero-order chi connectivity index (χ0) is 10.4. The van der Waals surface area contributed by atoms with Crippen LogP contribution in [0.3, 0.4) is 0 Å². The maximum absolute atomic E-state index is 7.24. The van der Waals surface area contributed by atoms with Crippen molar-refractivity contribution in [3.05, 3.63) is 24.4 Å². The summed E-state index contributed by atoms with van der Waals surface area (Å²) in [6, 6.07) is 5.85. The molecule has 0 saturated carbocycles. The average molecular weight is 209 g/mol. The number of amidine groups is 1. The van der Waals surface area contributed by atoms with E-state index >= 15 is 0 Å². The Morgan fingerprint density at radius 3 is 2.93 bits per heavy atom. The van der Waals surface area contributed by atoms with Crippen LogP contribution in [0, 0.1) is 5.41 Å². The first-order chi connectivity index (χ1) is 6.72. The summed E-state index contributed by atoms with van der Waals surface area (Å²) in [4.78, 5) is 4.23. The van der Waals surface area contributed by atoms with E-state index in [4.69, 9.17) is 11.1 Å². The van der Waals surface area contributed by atoms with Gasteiger partial charge in [0.1, 0.15) is 0 Å². The van der Waals surface area contributed by atoms with Gasteiger partial charge >= 0.3 is 0 Å². The van der Waals surface area contributed by atoms with Crippen LogP contribution in [0.1, 0.15) is 19.8 Å². The summed E-state index contributed by atoms with van der Waals surface area (Å²) in [7, 11) is 0. The summed E-state index contributed by atoms with van der Waals surface area (Å²) in [5.41, 5.74) is 5.37. The third-order valence-electron chi connectivity index (χ3n) is 1.83. The van der Waals surface area contributed by atoms with Crippen LogP contribution in [0.25, 0.3) is 0 Å². The van der Waals surface area contributed by atoms with Gasteiger partial charge in [0, 0.05) is 17.9 Å². The molecule has 1 atom stereocenters. The quantitative estimate of drug-likeness (QED) is 0.444. The fourth-order valence-corrected chi connectivity index (χ4v) is 2.15. The Balaban J connectivity index is 2.53. The van der Waals surface area contributed by atoms with Crippen molar-refractivity contribution in [3.8, 4) is 0 Å². The lowest BCUT2D eigenvalue weighted by Gasteiger charge is -2.12. The van der Waals surface area contributed by atoms with Crippen LogP contribution >= 0.6 is 11.8 Å². The van der Waals surface area contributed by atoms with E-state index in [1.54, 1.807) is 18.0 Å². The van der Waals surface area contributed by atoms with Crippen LogP contribution in [-0.2, 0) is 0 Å². The molecule has 14 heavy (non-hydrogen) atoms. The number of hydrogen-bond donors (Lipinski definition) is 2. The zero-order valence-corrected chi connectivity index (χ0v) is 9.05. The van der Waals surface area contributed by atoms with E-state index in [9.17, 15) is 0 Å². The predicted molar refractivity (Wildman–Crippen MR) is 60.7 cm³/mol. The van der Waals surface area contributed by atoms with E-state index in [2.05, 4.69) is 11.9 Å². The van der Waals surface area contributed by atoms with E-state index in [0.717, 1.165) is 11.4 Å². The average Bonchev–Trinajstić information content (AvgIpc) is 2.17. The highest BCUT2D eigenvalue weighted by atomic mass is 32.2. The minimum absolute atomic E-state index is 0.250. The second kappa shape index (κ2) is 5.65. The third kappa shape index (κ3) is 3.79. The van der Waals surface area contributed by atoms with Gasteiger partial charge in [0.2, 0.25) is 0 Å². The number of nitrogens with zero attached hydrogens (tertiary/aromatic N) is 1. The van der Waals surface area contributed by atoms with Crippen LogP contribution in [-0.4, -0.2) is 16.1 Å². The van der Waals surface area contributed by atoms with Crippen LogP contribution in [0.4, 0.5) is 0 Å². The summed E-state index contributed by atoms with van der Waals surface area (Å²) in [6.07, 6.45) is 3.42. The summed E-state index contributed by atoms with van der Waals surface area (Å²) in [6.45, 7) is 2.10. The van der Waals surface area contributed by atoms with Crippen molar-refractivity contribution >= 4 is 17.6 Å². The van der Waals surface area contributed by atoms with Crippen molar-refractivity contribution in [2.24, 2.45) is 5.73 Å². The molecule has 3 nitrogen and oxygen atoms in total. The monoisotopic (exact) mass is 209 g/mol. The Morgan fingerprint density at radius 2 is 2.43 bits per heavy atom. The number of hydrogen-bond acceptors (Lipinski definition) is 3. The molecule has 1 aromatic rings. The summed E-state index contributed by atoms with van der Waals surface area (Å²) in [5, 5.41) is 8.60. The molecule has 0 aliphatic heterocycles. The van der Waals surface area contributed by atoms with Gasteiger partial charge in [0.15, 0.2) is 0 Å². The summed E-state index contributed by atoms with van der Waals surface area (Å²) in [5.74, 6) is 0.250. The second-order valence-corrected chi connectivity index (χ2v) is 4.37. The van der Waals surface area contributed by atoms with Crippen LogP contribution in [0.2, 0.25) is 0 Å². The van der Waals surface area contributed by atoms with Crippen LogP contribution in [0.5, 0.6) is 0 Å². The molecule has 0 bridgehead atoms. The molecule has 1 aromatic heterocycles. The van der Waals surface area contributed by atoms with E-state index in [0.29, 0.717) is 11.7 Å². The molecule has 0 aromatic carbocycles. The Kier molecular flexibility index (Phi) is 4.46. The summed E-state index contributed by atoms with van der Waals surface area (Å²) < 4.78 is 0. The zero-order valence-electron chi connectivity index (χ0n) is 8.23. The molecule has 76 valence electrons. The van der Waals surface area contributed by atoms with Gasteiger partial charge in [0.25, 0.3) is 0 Å². The molecule has 0 fully saturated rings. The highest BCUT2D eigenvalue weighted by molar-refractivity contribution is 7.99. The number of pyridine rings is 1. The van der Waals surface area contributed by atoms with E-state index < -0.39 is 0 Å². The third-order valence-corrected chi connectivity index (χ3v) is 3.14. The number of nitrogens with two attached hydrogens (primary N) is 1. The predicted octanol–water partition coefficient (Wildman–Crippen LogP) is 2.28. The molecular formula is C10H15N3S. The minimum Gasteiger partial charge on any atom is -0.388 e. The number of aromatic nitrogens is 1. The Labute approximate surface area is 88.6 Å². The van der Waals surface area contributed by atoms with Gasteiger partial charge in [-0.05, 0) is 18.6 Å². The normalized spacial score (nSPS) is 12.4. The lowest BCUT2D eigenvalue weighted by Crippen LogP contribution is -2.16. The van der Waals surface area contributed by atoms with Crippen LogP contribution in [0.15, 0.2) is 29.4 Å². The SMILES string of the molecule is CCC(CC(=N)N)Sc1ccccn1. The maximum Gasteiger partial charge on any atom is 0.0962 e. The van der Waals surface area contributed by atoms with Crippen molar-refractivity contribution in [1.82, 2.24) is 4.98 Å². The van der Waals surface area contributed by atoms with Gasteiger partial charge in [-0.25, -0.2) is 4.98 Å². The van der Waals surface area contributed by atoms with Crippen molar-refractivity contribution in [2.75, 3.05) is 0 Å². The first-order valence-electron chi connectivity index (χ1n) is 4.63. The fourth-order valence-electron chi connectivity index (χ4n) is 1.10. The molecular weight excluding hydrogens is 194 g/mol. The van der Waals surface area contributed by atoms with Gasteiger partial charge in [-0.1, -0.05) is 13.0 Å². The van der Waals surface area contributed by atoms with Gasteiger partial charge in [-0.3, -0.25) is 5.41 Å². The van der Waals surface area contributed by atoms with Crippen molar-refractivity contribution in [1.29, 1.82) is 5.41 Å². The molecule has 1 rings (SSSR count). The molecule has 0 saturated heterocycles. The number of nitrogens with one attached hydrogen (secondary N) is 1. The fraction of sp³-hybridized carbons (Fsp3) is 0.400.